The van der Waals surface area contributed by atoms with Crippen LogP contribution in [-0.4, -0.2) is 38.6 Å². The van der Waals surface area contributed by atoms with E-state index in [0.717, 1.165) is 26.1 Å². The van der Waals surface area contributed by atoms with Gasteiger partial charge in [0.1, 0.15) is 17.4 Å². The van der Waals surface area contributed by atoms with Crippen LogP contribution in [0.3, 0.4) is 0 Å². The number of nitrogens with zero attached hydrogens (tertiary/aromatic N) is 3. The molecule has 0 spiro atoms. The highest BCUT2D eigenvalue weighted by molar-refractivity contribution is 5.59. The largest absolute Gasteiger partial charge is 0.373 e. The van der Waals surface area contributed by atoms with Crippen LogP contribution in [0.1, 0.15) is 12.0 Å². The molecular formula is C14H18FN3. The van der Waals surface area contributed by atoms with Gasteiger partial charge in [-0.2, -0.15) is 5.26 Å². The summed E-state index contributed by atoms with van der Waals surface area (Å²) in [5, 5.41) is 9.03. The lowest BCUT2D eigenvalue weighted by molar-refractivity contribution is 0.396. The topological polar surface area (TPSA) is 30.3 Å². The maximum absolute atomic E-state index is 13.5. The van der Waals surface area contributed by atoms with Crippen molar-refractivity contribution in [1.82, 2.24) is 4.90 Å². The van der Waals surface area contributed by atoms with Crippen LogP contribution < -0.4 is 4.90 Å². The molecule has 96 valence electrons. The summed E-state index contributed by atoms with van der Waals surface area (Å²) in [7, 11) is 4.04. The van der Waals surface area contributed by atoms with Gasteiger partial charge in [0.15, 0.2) is 0 Å². The Hall–Kier alpha value is -1.60. The molecule has 1 aromatic rings. The molecule has 0 N–H and O–H groups in total. The molecule has 0 saturated carbocycles. The highest BCUT2D eigenvalue weighted by Gasteiger charge is 2.22. The second-order valence-corrected chi connectivity index (χ2v) is 5.04. The number of benzene rings is 1. The van der Waals surface area contributed by atoms with Crippen LogP contribution in [-0.2, 0) is 0 Å². The number of anilines is 1. The van der Waals surface area contributed by atoms with Gasteiger partial charge in [-0.1, -0.05) is 6.07 Å². The predicted octanol–water partition coefficient (Wildman–Crippen LogP) is 2.09. The van der Waals surface area contributed by atoms with Gasteiger partial charge < -0.3 is 9.80 Å². The lowest BCUT2D eigenvalue weighted by Crippen LogP contribution is -2.27. The van der Waals surface area contributed by atoms with Gasteiger partial charge in [-0.3, -0.25) is 0 Å². The van der Waals surface area contributed by atoms with E-state index in [9.17, 15) is 4.39 Å². The van der Waals surface area contributed by atoms with E-state index in [4.69, 9.17) is 5.26 Å². The molecule has 1 aromatic carbocycles. The average Bonchev–Trinajstić information content (AvgIpc) is 2.74. The molecule has 0 aliphatic carbocycles. The van der Waals surface area contributed by atoms with Crippen LogP contribution >= 0.6 is 0 Å². The minimum atomic E-state index is -0.439. The van der Waals surface area contributed by atoms with Gasteiger partial charge in [0.25, 0.3) is 0 Å². The van der Waals surface area contributed by atoms with Crippen molar-refractivity contribution in [2.45, 2.75) is 6.42 Å². The van der Waals surface area contributed by atoms with Crippen molar-refractivity contribution in [1.29, 1.82) is 5.26 Å². The van der Waals surface area contributed by atoms with Gasteiger partial charge in [-0.25, -0.2) is 4.39 Å². The van der Waals surface area contributed by atoms with Crippen molar-refractivity contribution < 1.29 is 4.39 Å². The molecule has 1 aliphatic rings. The summed E-state index contributed by atoms with van der Waals surface area (Å²) in [4.78, 5) is 4.29. The van der Waals surface area contributed by atoms with E-state index >= 15 is 0 Å². The smallest absolute Gasteiger partial charge is 0.143 e. The van der Waals surface area contributed by atoms with Crippen molar-refractivity contribution in [2.24, 2.45) is 5.92 Å². The summed E-state index contributed by atoms with van der Waals surface area (Å²) in [5.41, 5.74) is 0.832. The number of halogens is 1. The fourth-order valence-corrected chi connectivity index (χ4v) is 2.60. The van der Waals surface area contributed by atoms with Crippen molar-refractivity contribution in [3.63, 3.8) is 0 Å². The van der Waals surface area contributed by atoms with Crippen LogP contribution in [0.2, 0.25) is 0 Å². The number of hydrogen-bond acceptors (Lipinski definition) is 3. The average molecular weight is 247 g/mol. The van der Waals surface area contributed by atoms with E-state index in [1.54, 1.807) is 12.1 Å². The lowest BCUT2D eigenvalue weighted by Gasteiger charge is -2.24. The third-order valence-electron chi connectivity index (χ3n) is 3.54. The minimum absolute atomic E-state index is 0.145. The van der Waals surface area contributed by atoms with Crippen molar-refractivity contribution in [3.05, 3.63) is 29.6 Å². The monoisotopic (exact) mass is 247 g/mol. The van der Waals surface area contributed by atoms with Crippen LogP contribution in [0.4, 0.5) is 10.1 Å². The highest BCUT2D eigenvalue weighted by Crippen LogP contribution is 2.24. The summed E-state index contributed by atoms with van der Waals surface area (Å²) in [6.07, 6.45) is 1.16. The summed E-state index contributed by atoms with van der Waals surface area (Å²) < 4.78 is 13.5. The first kappa shape index (κ1) is 12.8. The molecule has 0 radical (unpaired) electrons. The SMILES string of the molecule is CN1CC[C@H](CN(C)c2cccc(F)c2C#N)C1. The number of nitriles is 1. The first-order valence-corrected chi connectivity index (χ1v) is 6.20. The van der Waals surface area contributed by atoms with E-state index in [1.165, 1.54) is 6.07 Å². The van der Waals surface area contributed by atoms with Crippen LogP contribution in [0.15, 0.2) is 18.2 Å². The maximum Gasteiger partial charge on any atom is 0.143 e. The molecule has 1 atom stereocenters. The summed E-state index contributed by atoms with van der Waals surface area (Å²) in [6, 6.07) is 6.75. The van der Waals surface area contributed by atoms with E-state index in [-0.39, 0.29) is 5.56 Å². The van der Waals surface area contributed by atoms with Crippen LogP contribution in [0.5, 0.6) is 0 Å². The number of likely N-dealkylation sites (tertiary alicyclic amines) is 1. The van der Waals surface area contributed by atoms with Gasteiger partial charge in [-0.15, -0.1) is 0 Å². The fourth-order valence-electron chi connectivity index (χ4n) is 2.60. The Kier molecular flexibility index (Phi) is 3.83. The summed E-state index contributed by atoms with van der Waals surface area (Å²) in [6.45, 7) is 3.05. The first-order chi connectivity index (χ1) is 8.61. The van der Waals surface area contributed by atoms with Crippen molar-refractivity contribution in [2.75, 3.05) is 38.6 Å². The number of hydrogen-bond donors (Lipinski definition) is 0. The van der Waals surface area contributed by atoms with E-state index in [2.05, 4.69) is 11.9 Å². The molecule has 0 amide bonds. The molecule has 4 heteroatoms. The van der Waals surface area contributed by atoms with Crippen molar-refractivity contribution in [3.8, 4) is 6.07 Å². The Balaban J connectivity index is 2.12. The quantitative estimate of drug-likeness (QED) is 0.819. The molecule has 1 fully saturated rings. The molecule has 3 nitrogen and oxygen atoms in total. The lowest BCUT2D eigenvalue weighted by atomic mass is 10.1. The Bertz CT molecular complexity index is 467. The fraction of sp³-hybridized carbons (Fsp3) is 0.500. The molecule has 1 heterocycles. The van der Waals surface area contributed by atoms with Gasteiger partial charge >= 0.3 is 0 Å². The van der Waals surface area contributed by atoms with Crippen LogP contribution in [0.25, 0.3) is 0 Å². The highest BCUT2D eigenvalue weighted by atomic mass is 19.1. The Morgan fingerprint density at radius 3 is 2.94 bits per heavy atom. The summed E-state index contributed by atoms with van der Waals surface area (Å²) in [5.74, 6) is 0.153. The Morgan fingerprint density at radius 1 is 1.56 bits per heavy atom. The van der Waals surface area contributed by atoms with E-state index in [1.807, 2.05) is 18.0 Å². The zero-order chi connectivity index (χ0) is 13.1. The zero-order valence-corrected chi connectivity index (χ0v) is 10.9. The normalized spacial score (nSPS) is 19.8. The van der Waals surface area contributed by atoms with Gasteiger partial charge in [0.05, 0.1) is 5.69 Å². The third kappa shape index (κ3) is 2.62. The molecule has 18 heavy (non-hydrogen) atoms. The van der Waals surface area contributed by atoms with E-state index in [0.29, 0.717) is 11.6 Å². The first-order valence-electron chi connectivity index (χ1n) is 6.20. The van der Waals surface area contributed by atoms with Gasteiger partial charge in [-0.05, 0) is 38.1 Å². The molecule has 2 rings (SSSR count). The Morgan fingerprint density at radius 2 is 2.33 bits per heavy atom. The summed E-state index contributed by atoms with van der Waals surface area (Å²) >= 11 is 0. The molecule has 0 unspecified atom stereocenters. The zero-order valence-electron chi connectivity index (χ0n) is 10.9. The molecule has 1 saturated heterocycles. The predicted molar refractivity (Wildman–Crippen MR) is 70.0 cm³/mol. The van der Waals surface area contributed by atoms with Crippen molar-refractivity contribution >= 4 is 5.69 Å². The molecule has 0 aromatic heterocycles. The molecule has 1 aliphatic heterocycles. The van der Waals surface area contributed by atoms with E-state index < -0.39 is 5.82 Å². The van der Waals surface area contributed by atoms with Gasteiger partial charge in [0, 0.05) is 20.1 Å². The Labute approximate surface area is 107 Å². The minimum Gasteiger partial charge on any atom is -0.373 e. The van der Waals surface area contributed by atoms with Gasteiger partial charge in [0.2, 0.25) is 0 Å². The molecular weight excluding hydrogens is 229 g/mol. The maximum atomic E-state index is 13.5. The molecule has 0 bridgehead atoms. The number of rotatable bonds is 3. The standard InChI is InChI=1S/C14H18FN3/c1-17-7-6-11(9-17)10-18(2)14-5-3-4-13(15)12(14)8-16/h3-5,11H,6-7,9-10H2,1-2H3/t11-/m0/s1. The second-order valence-electron chi connectivity index (χ2n) is 5.04. The van der Waals surface area contributed by atoms with Crippen LogP contribution in [0, 0.1) is 23.1 Å². The third-order valence-corrected chi connectivity index (χ3v) is 3.54. The second kappa shape index (κ2) is 5.36.